The zero-order valence-electron chi connectivity index (χ0n) is 11.2. The van der Waals surface area contributed by atoms with Crippen LogP contribution in [0.1, 0.15) is 13.8 Å². The number of nitrogens with zero attached hydrogens (tertiary/aromatic N) is 2. The molecule has 1 aromatic rings. The van der Waals surface area contributed by atoms with Crippen LogP contribution < -0.4 is 10.6 Å². The average Bonchev–Trinajstić information content (AvgIpc) is 2.37. The maximum absolute atomic E-state index is 13.1. The summed E-state index contributed by atoms with van der Waals surface area (Å²) < 4.78 is 13.1. The second-order valence-corrected chi connectivity index (χ2v) is 4.62. The van der Waals surface area contributed by atoms with E-state index in [9.17, 15) is 9.18 Å². The van der Waals surface area contributed by atoms with Gasteiger partial charge in [-0.15, -0.1) is 0 Å². The van der Waals surface area contributed by atoms with Gasteiger partial charge in [0.25, 0.3) is 0 Å². The number of hydrogen-bond donors (Lipinski definition) is 2. The summed E-state index contributed by atoms with van der Waals surface area (Å²) in [4.78, 5) is 13.6. The van der Waals surface area contributed by atoms with E-state index in [4.69, 9.17) is 10.9 Å². The first kappa shape index (κ1) is 14.9. The molecule has 0 aliphatic carbocycles. The molecule has 0 aliphatic heterocycles. The van der Waals surface area contributed by atoms with Crippen molar-refractivity contribution in [3.05, 3.63) is 30.1 Å². The van der Waals surface area contributed by atoms with Crippen molar-refractivity contribution in [2.75, 3.05) is 11.9 Å². The molecule has 1 atom stereocenters. The monoisotopic (exact) mass is 267 g/mol. The number of benzene rings is 1. The van der Waals surface area contributed by atoms with Crippen LogP contribution in [0.5, 0.6) is 0 Å². The smallest absolute Gasteiger partial charge is 0.237 e. The normalized spacial score (nSPS) is 13.4. The van der Waals surface area contributed by atoms with Gasteiger partial charge in [0.1, 0.15) is 11.7 Å². The first-order valence-corrected chi connectivity index (χ1v) is 5.89. The summed E-state index contributed by atoms with van der Waals surface area (Å²) in [5, 5.41) is 11.6. The minimum atomic E-state index is -0.752. The molecule has 1 rings (SSSR count). The van der Waals surface area contributed by atoms with Crippen molar-refractivity contribution in [2.45, 2.75) is 13.8 Å². The molecule has 1 unspecified atom stereocenters. The van der Waals surface area contributed by atoms with Crippen LogP contribution in [0.3, 0.4) is 0 Å². The van der Waals surface area contributed by atoms with Crippen LogP contribution in [0, 0.1) is 17.7 Å². The number of hydrogen-bond acceptors (Lipinski definition) is 3. The molecule has 6 heteroatoms. The number of carbonyl (C=O) groups is 1. The van der Waals surface area contributed by atoms with E-state index >= 15 is 0 Å². The van der Waals surface area contributed by atoms with Gasteiger partial charge in [-0.05, 0) is 24.1 Å². The maximum atomic E-state index is 13.1. The van der Waals surface area contributed by atoms with E-state index in [0.717, 1.165) is 0 Å². The lowest BCUT2D eigenvalue weighted by Gasteiger charge is -2.25. The molecule has 3 N–H and O–H groups in total. The highest BCUT2D eigenvalue weighted by atomic mass is 19.1. The van der Waals surface area contributed by atoms with Gasteiger partial charge < -0.3 is 15.8 Å². The third-order valence-corrected chi connectivity index (χ3v) is 2.89. The number of nitrogens with two attached hydrogens (primary N) is 1. The Balaban J connectivity index is 3.04. The Labute approximate surface area is 111 Å². The Kier molecular flexibility index (Phi) is 4.86. The minimum Gasteiger partial charge on any atom is -0.409 e. The summed E-state index contributed by atoms with van der Waals surface area (Å²) in [5.41, 5.74) is 5.96. The van der Waals surface area contributed by atoms with Crippen LogP contribution in [0.15, 0.2) is 29.4 Å². The molecule has 0 aliphatic rings. The number of amidine groups is 1. The van der Waals surface area contributed by atoms with Gasteiger partial charge in [0.15, 0.2) is 5.84 Å². The number of carbonyl (C=O) groups excluding carboxylic acids is 1. The van der Waals surface area contributed by atoms with Crippen molar-refractivity contribution in [3.8, 4) is 0 Å². The predicted molar refractivity (Wildman–Crippen MR) is 71.5 cm³/mol. The van der Waals surface area contributed by atoms with Crippen molar-refractivity contribution < 1.29 is 14.4 Å². The Hall–Kier alpha value is -2.11. The van der Waals surface area contributed by atoms with Gasteiger partial charge in [-0.25, -0.2) is 4.39 Å². The number of amides is 1. The number of anilines is 1. The van der Waals surface area contributed by atoms with Crippen molar-refractivity contribution >= 4 is 17.4 Å². The molecule has 0 aromatic heterocycles. The molecule has 5 nitrogen and oxygen atoms in total. The highest BCUT2D eigenvalue weighted by Gasteiger charge is 2.30. The maximum Gasteiger partial charge on any atom is 0.237 e. The molecular weight excluding hydrogens is 249 g/mol. The highest BCUT2D eigenvalue weighted by molar-refractivity contribution is 6.08. The van der Waals surface area contributed by atoms with Gasteiger partial charge in [0.2, 0.25) is 5.91 Å². The summed E-state index contributed by atoms with van der Waals surface area (Å²) >= 11 is 0. The minimum absolute atomic E-state index is 0.139. The SMILES string of the molecule is CC(C)C(C(=O)N(C)c1cccc(F)c1)C(N)=NO. The Morgan fingerprint density at radius 1 is 1.47 bits per heavy atom. The van der Waals surface area contributed by atoms with E-state index in [1.54, 1.807) is 19.9 Å². The van der Waals surface area contributed by atoms with Crippen molar-refractivity contribution in [3.63, 3.8) is 0 Å². The highest BCUT2D eigenvalue weighted by Crippen LogP contribution is 2.20. The lowest BCUT2D eigenvalue weighted by molar-refractivity contribution is -0.121. The van der Waals surface area contributed by atoms with E-state index in [1.165, 1.54) is 30.1 Å². The van der Waals surface area contributed by atoms with Crippen molar-refractivity contribution in [1.29, 1.82) is 0 Å². The van der Waals surface area contributed by atoms with Crippen LogP contribution in [0.2, 0.25) is 0 Å². The zero-order valence-corrected chi connectivity index (χ0v) is 11.2. The van der Waals surface area contributed by atoms with E-state index < -0.39 is 11.7 Å². The average molecular weight is 267 g/mol. The Bertz CT molecular complexity index is 489. The largest absolute Gasteiger partial charge is 0.409 e. The molecule has 0 heterocycles. The van der Waals surface area contributed by atoms with E-state index in [0.29, 0.717) is 5.69 Å². The second-order valence-electron chi connectivity index (χ2n) is 4.62. The van der Waals surface area contributed by atoms with Gasteiger partial charge in [-0.2, -0.15) is 0 Å². The Morgan fingerprint density at radius 2 is 2.11 bits per heavy atom. The molecule has 104 valence electrons. The van der Waals surface area contributed by atoms with Gasteiger partial charge in [0, 0.05) is 12.7 Å². The topological polar surface area (TPSA) is 78.9 Å². The number of halogens is 1. The van der Waals surface area contributed by atoms with Crippen LogP contribution in [0.25, 0.3) is 0 Å². The number of oxime groups is 1. The second kappa shape index (κ2) is 6.17. The molecule has 0 fully saturated rings. The zero-order chi connectivity index (χ0) is 14.6. The van der Waals surface area contributed by atoms with Gasteiger partial charge in [-0.1, -0.05) is 25.1 Å². The first-order chi connectivity index (χ1) is 8.88. The van der Waals surface area contributed by atoms with Crippen LogP contribution >= 0.6 is 0 Å². The lowest BCUT2D eigenvalue weighted by atomic mass is 9.93. The fourth-order valence-electron chi connectivity index (χ4n) is 1.84. The molecule has 0 spiro atoms. The number of rotatable bonds is 4. The molecule has 0 radical (unpaired) electrons. The van der Waals surface area contributed by atoms with E-state index in [-0.39, 0.29) is 17.7 Å². The summed E-state index contributed by atoms with van der Waals surface area (Å²) in [7, 11) is 1.52. The molecule has 1 amide bonds. The van der Waals surface area contributed by atoms with Crippen LogP contribution in [0.4, 0.5) is 10.1 Å². The molecule has 0 bridgehead atoms. The lowest BCUT2D eigenvalue weighted by Crippen LogP contribution is -2.42. The third kappa shape index (κ3) is 3.43. The van der Waals surface area contributed by atoms with E-state index in [2.05, 4.69) is 5.16 Å². The van der Waals surface area contributed by atoms with E-state index in [1.807, 2.05) is 0 Å². The molecule has 1 aromatic carbocycles. The van der Waals surface area contributed by atoms with Gasteiger partial charge in [0.05, 0.1) is 0 Å². The molecule has 0 saturated heterocycles. The first-order valence-electron chi connectivity index (χ1n) is 5.89. The summed E-state index contributed by atoms with van der Waals surface area (Å²) in [6.07, 6.45) is 0. The molecular formula is C13H18FN3O2. The molecule has 19 heavy (non-hydrogen) atoms. The summed E-state index contributed by atoms with van der Waals surface area (Å²) in [6.45, 7) is 3.58. The summed E-state index contributed by atoms with van der Waals surface area (Å²) in [5.74, 6) is -1.82. The third-order valence-electron chi connectivity index (χ3n) is 2.89. The van der Waals surface area contributed by atoms with Gasteiger partial charge >= 0.3 is 0 Å². The fourth-order valence-corrected chi connectivity index (χ4v) is 1.84. The molecule has 0 saturated carbocycles. The van der Waals surface area contributed by atoms with Crippen LogP contribution in [-0.2, 0) is 4.79 Å². The van der Waals surface area contributed by atoms with Gasteiger partial charge in [-0.3, -0.25) is 4.79 Å². The fraction of sp³-hybridized carbons (Fsp3) is 0.385. The quantitative estimate of drug-likeness (QED) is 0.378. The standard InChI is InChI=1S/C13H18FN3O2/c1-8(2)11(12(15)16-19)13(18)17(3)10-6-4-5-9(14)7-10/h4-8,11,19H,1-3H3,(H2,15,16). The Morgan fingerprint density at radius 3 is 2.58 bits per heavy atom. The summed E-state index contributed by atoms with van der Waals surface area (Å²) in [6, 6.07) is 5.68. The van der Waals surface area contributed by atoms with Crippen LogP contribution in [-0.4, -0.2) is 24.0 Å². The van der Waals surface area contributed by atoms with Crippen molar-refractivity contribution in [1.82, 2.24) is 0 Å². The van der Waals surface area contributed by atoms with Crippen molar-refractivity contribution in [2.24, 2.45) is 22.7 Å². The predicted octanol–water partition coefficient (Wildman–Crippen LogP) is 1.81.